The number of rotatable bonds is 5. The molecule has 0 unspecified atom stereocenters. The van der Waals surface area contributed by atoms with Crippen LogP contribution in [-0.2, 0) is 19.8 Å². The summed E-state index contributed by atoms with van der Waals surface area (Å²) in [7, 11) is -1.67. The van der Waals surface area contributed by atoms with E-state index in [0.717, 1.165) is 26.4 Å². The summed E-state index contributed by atoms with van der Waals surface area (Å²) in [5.74, 6) is -1.02. The molecule has 0 aliphatic carbocycles. The molecular formula is C11H11ClF3O4P. The fourth-order valence-electron chi connectivity index (χ4n) is 1.46. The smallest absolute Gasteiger partial charge is 0.312 e. The SMILES string of the molecule is COP(=O)(CC(=O)c1cc(Cl)ccc1C(F)(F)F)OC. The lowest BCUT2D eigenvalue weighted by Gasteiger charge is -2.15. The normalized spacial score (nSPS) is 12.5. The summed E-state index contributed by atoms with van der Waals surface area (Å²) in [6, 6.07) is 2.59. The minimum absolute atomic E-state index is 0.0361. The summed E-state index contributed by atoms with van der Waals surface area (Å²) in [4.78, 5) is 11.9. The number of benzene rings is 1. The van der Waals surface area contributed by atoms with Crippen LogP contribution in [0.1, 0.15) is 15.9 Å². The number of alkyl halides is 3. The van der Waals surface area contributed by atoms with Crippen molar-refractivity contribution in [3.63, 3.8) is 0 Å². The highest BCUT2D eigenvalue weighted by molar-refractivity contribution is 7.54. The van der Waals surface area contributed by atoms with Gasteiger partial charge in [-0.3, -0.25) is 9.36 Å². The van der Waals surface area contributed by atoms with Crippen LogP contribution in [0.2, 0.25) is 5.02 Å². The molecule has 1 aromatic carbocycles. The van der Waals surface area contributed by atoms with Crippen LogP contribution in [-0.4, -0.2) is 26.2 Å². The minimum atomic E-state index is -4.72. The molecule has 0 saturated heterocycles. The Kier molecular flexibility index (Phi) is 5.38. The van der Waals surface area contributed by atoms with Crippen molar-refractivity contribution in [2.75, 3.05) is 20.4 Å². The Balaban J connectivity index is 3.22. The van der Waals surface area contributed by atoms with Gasteiger partial charge >= 0.3 is 13.8 Å². The number of carbonyl (C=O) groups excluding carboxylic acids is 1. The van der Waals surface area contributed by atoms with E-state index in [2.05, 4.69) is 9.05 Å². The Hall–Kier alpha value is -0.880. The van der Waals surface area contributed by atoms with Gasteiger partial charge in [0, 0.05) is 24.8 Å². The Morgan fingerprint density at radius 2 is 1.85 bits per heavy atom. The average molecular weight is 331 g/mol. The third-order valence-electron chi connectivity index (χ3n) is 2.48. The first kappa shape index (κ1) is 17.2. The van der Waals surface area contributed by atoms with Crippen molar-refractivity contribution in [2.45, 2.75) is 6.18 Å². The highest BCUT2D eigenvalue weighted by Gasteiger charge is 2.37. The molecule has 0 amide bonds. The van der Waals surface area contributed by atoms with Gasteiger partial charge in [0.15, 0.2) is 5.78 Å². The lowest BCUT2D eigenvalue weighted by Crippen LogP contribution is -2.16. The van der Waals surface area contributed by atoms with Gasteiger partial charge in [0.2, 0.25) is 0 Å². The second-order valence-corrected chi connectivity index (χ2v) is 6.45. The van der Waals surface area contributed by atoms with Crippen molar-refractivity contribution < 1.29 is 31.6 Å². The van der Waals surface area contributed by atoms with Crippen molar-refractivity contribution >= 4 is 25.0 Å². The largest absolute Gasteiger partial charge is 0.417 e. The number of halogens is 4. The highest BCUT2D eigenvalue weighted by atomic mass is 35.5. The fraction of sp³-hybridized carbons (Fsp3) is 0.364. The van der Waals surface area contributed by atoms with Gasteiger partial charge in [-0.1, -0.05) is 11.6 Å². The van der Waals surface area contributed by atoms with E-state index in [1.807, 2.05) is 0 Å². The van der Waals surface area contributed by atoms with E-state index >= 15 is 0 Å². The molecule has 0 aliphatic rings. The Morgan fingerprint density at radius 3 is 2.30 bits per heavy atom. The first-order valence-electron chi connectivity index (χ1n) is 5.23. The minimum Gasteiger partial charge on any atom is -0.312 e. The number of Topliss-reactive ketones (excluding diaryl/α,β-unsaturated/α-hetero) is 1. The van der Waals surface area contributed by atoms with E-state index in [1.165, 1.54) is 0 Å². The van der Waals surface area contributed by atoms with Gasteiger partial charge in [-0.15, -0.1) is 0 Å². The van der Waals surface area contributed by atoms with Gasteiger partial charge in [0.1, 0.15) is 6.16 Å². The molecule has 1 rings (SSSR count). The molecular weight excluding hydrogens is 320 g/mol. The van der Waals surface area contributed by atoms with E-state index in [9.17, 15) is 22.5 Å². The number of hydrogen-bond acceptors (Lipinski definition) is 4. The third kappa shape index (κ3) is 4.06. The molecule has 0 heterocycles. The summed E-state index contributed by atoms with van der Waals surface area (Å²) >= 11 is 5.60. The zero-order chi connectivity index (χ0) is 15.6. The fourth-order valence-corrected chi connectivity index (χ4v) is 2.56. The van der Waals surface area contributed by atoms with Crippen molar-refractivity contribution in [3.05, 3.63) is 34.3 Å². The maximum absolute atomic E-state index is 12.8. The van der Waals surface area contributed by atoms with Crippen LogP contribution in [0.25, 0.3) is 0 Å². The van der Waals surface area contributed by atoms with Crippen LogP contribution in [0.15, 0.2) is 18.2 Å². The molecule has 4 nitrogen and oxygen atoms in total. The quantitative estimate of drug-likeness (QED) is 0.604. The van der Waals surface area contributed by atoms with Crippen molar-refractivity contribution in [2.24, 2.45) is 0 Å². The summed E-state index contributed by atoms with van der Waals surface area (Å²) in [5, 5.41) is -0.0361. The van der Waals surface area contributed by atoms with Crippen molar-refractivity contribution in [1.82, 2.24) is 0 Å². The highest BCUT2D eigenvalue weighted by Crippen LogP contribution is 2.47. The van der Waals surface area contributed by atoms with E-state index < -0.39 is 36.8 Å². The predicted octanol–water partition coefficient (Wildman–Crippen LogP) is 4.03. The number of ketones is 1. The lowest BCUT2D eigenvalue weighted by atomic mass is 10.0. The van der Waals surface area contributed by atoms with Crippen LogP contribution in [0, 0.1) is 0 Å². The molecule has 9 heteroatoms. The molecule has 112 valence electrons. The van der Waals surface area contributed by atoms with Gasteiger partial charge in [-0.2, -0.15) is 13.2 Å². The average Bonchev–Trinajstić information content (AvgIpc) is 2.37. The van der Waals surface area contributed by atoms with Crippen LogP contribution in [0.3, 0.4) is 0 Å². The molecule has 20 heavy (non-hydrogen) atoms. The van der Waals surface area contributed by atoms with E-state index in [-0.39, 0.29) is 5.02 Å². The summed E-state index contributed by atoms with van der Waals surface area (Å²) in [6.07, 6.45) is -5.52. The zero-order valence-electron chi connectivity index (χ0n) is 10.5. The van der Waals surface area contributed by atoms with E-state index in [0.29, 0.717) is 6.07 Å². The van der Waals surface area contributed by atoms with Crippen LogP contribution >= 0.6 is 19.2 Å². The predicted molar refractivity (Wildman–Crippen MR) is 67.3 cm³/mol. The van der Waals surface area contributed by atoms with Gasteiger partial charge in [0.05, 0.1) is 5.56 Å². The van der Waals surface area contributed by atoms with E-state index in [4.69, 9.17) is 11.6 Å². The number of hydrogen-bond donors (Lipinski definition) is 0. The van der Waals surface area contributed by atoms with Crippen LogP contribution in [0.4, 0.5) is 13.2 Å². The Morgan fingerprint density at radius 1 is 1.30 bits per heavy atom. The van der Waals surface area contributed by atoms with Crippen molar-refractivity contribution in [3.8, 4) is 0 Å². The molecule has 0 fully saturated rings. The van der Waals surface area contributed by atoms with E-state index in [1.54, 1.807) is 0 Å². The topological polar surface area (TPSA) is 52.6 Å². The maximum Gasteiger partial charge on any atom is 0.417 e. The van der Waals surface area contributed by atoms with Crippen molar-refractivity contribution in [1.29, 1.82) is 0 Å². The number of carbonyl (C=O) groups is 1. The Bertz CT molecular complexity index is 551. The second kappa shape index (κ2) is 6.26. The first-order chi connectivity index (χ1) is 9.13. The summed E-state index contributed by atoms with van der Waals surface area (Å²) in [5.41, 5.74) is -1.81. The molecule has 0 atom stereocenters. The van der Waals surface area contributed by atoms with Gasteiger partial charge in [-0.25, -0.2) is 0 Å². The first-order valence-corrected chi connectivity index (χ1v) is 7.34. The summed E-state index contributed by atoms with van der Waals surface area (Å²) in [6.45, 7) is 0. The Labute approximate surface area is 118 Å². The van der Waals surface area contributed by atoms with Gasteiger partial charge in [0.25, 0.3) is 0 Å². The third-order valence-corrected chi connectivity index (χ3v) is 4.50. The van der Waals surface area contributed by atoms with Crippen LogP contribution < -0.4 is 0 Å². The monoisotopic (exact) mass is 330 g/mol. The van der Waals surface area contributed by atoms with Gasteiger partial charge in [-0.05, 0) is 18.2 Å². The summed E-state index contributed by atoms with van der Waals surface area (Å²) < 4.78 is 59.3. The molecule has 0 N–H and O–H groups in total. The lowest BCUT2D eigenvalue weighted by molar-refractivity contribution is -0.137. The molecule has 0 spiro atoms. The van der Waals surface area contributed by atoms with Gasteiger partial charge < -0.3 is 9.05 Å². The van der Waals surface area contributed by atoms with Crippen LogP contribution in [0.5, 0.6) is 0 Å². The standard InChI is InChI=1S/C11H11ClF3O4P/c1-18-20(17,19-2)6-10(16)8-5-7(12)3-4-9(8)11(13,14)15/h3-5H,6H2,1-2H3. The molecule has 0 radical (unpaired) electrons. The zero-order valence-corrected chi connectivity index (χ0v) is 12.2. The molecule has 0 bridgehead atoms. The molecule has 1 aromatic rings. The molecule has 0 saturated carbocycles. The molecule has 0 aromatic heterocycles. The molecule has 0 aliphatic heterocycles. The maximum atomic E-state index is 12.8. The second-order valence-electron chi connectivity index (χ2n) is 3.75.